The number of benzene rings is 3. The molecule has 0 spiro atoms. The maximum atomic E-state index is 12.7. The highest BCUT2D eigenvalue weighted by Crippen LogP contribution is 2.18. The van der Waals surface area contributed by atoms with Gasteiger partial charge in [0, 0.05) is 6.42 Å². The maximum Gasteiger partial charge on any atom is 0.180 e. The molecule has 4 nitrogen and oxygen atoms in total. The Bertz CT molecular complexity index is 973. The summed E-state index contributed by atoms with van der Waals surface area (Å²) in [6, 6.07) is 26.7. The second kappa shape index (κ2) is 11.2. The molecule has 2 atom stereocenters. The zero-order chi connectivity index (χ0) is 22.1. The van der Waals surface area contributed by atoms with Gasteiger partial charge < -0.3 is 9.84 Å². The molecule has 0 aliphatic carbocycles. The van der Waals surface area contributed by atoms with Crippen LogP contribution in [0.4, 0.5) is 0 Å². The zero-order valence-corrected chi connectivity index (χ0v) is 18.7. The first kappa shape index (κ1) is 23.2. The minimum Gasteiger partial charge on any atom is -0.392 e. The number of sulfone groups is 1. The molecule has 1 N–H and O–H groups in total. The van der Waals surface area contributed by atoms with Crippen molar-refractivity contribution < 1.29 is 18.3 Å². The van der Waals surface area contributed by atoms with E-state index in [-0.39, 0.29) is 23.2 Å². The number of aliphatic hydroxyl groups excluding tert-OH is 1. The van der Waals surface area contributed by atoms with Crippen molar-refractivity contribution in [2.75, 3.05) is 5.75 Å². The van der Waals surface area contributed by atoms with Gasteiger partial charge in [0.15, 0.2) is 9.84 Å². The predicted molar refractivity (Wildman–Crippen MR) is 124 cm³/mol. The summed E-state index contributed by atoms with van der Waals surface area (Å²) >= 11 is 0. The fourth-order valence-corrected chi connectivity index (χ4v) is 4.88. The highest BCUT2D eigenvalue weighted by Gasteiger charge is 2.23. The Hall–Kier alpha value is -2.47. The van der Waals surface area contributed by atoms with Crippen molar-refractivity contribution in [1.29, 1.82) is 0 Å². The van der Waals surface area contributed by atoms with Gasteiger partial charge in [0.05, 0.1) is 29.5 Å². The highest BCUT2D eigenvalue weighted by molar-refractivity contribution is 7.91. The van der Waals surface area contributed by atoms with E-state index < -0.39 is 15.9 Å². The van der Waals surface area contributed by atoms with Gasteiger partial charge in [-0.05, 0) is 43.0 Å². The molecular formula is C26H30O4S. The van der Waals surface area contributed by atoms with Crippen LogP contribution >= 0.6 is 0 Å². The summed E-state index contributed by atoms with van der Waals surface area (Å²) in [7, 11) is -3.56. The second-order valence-corrected chi connectivity index (χ2v) is 9.96. The quantitative estimate of drug-likeness (QED) is 0.470. The predicted octanol–water partition coefficient (Wildman–Crippen LogP) is 4.74. The van der Waals surface area contributed by atoms with Crippen LogP contribution in [0.15, 0.2) is 89.8 Å². The van der Waals surface area contributed by atoms with Crippen molar-refractivity contribution in [3.05, 3.63) is 102 Å². The molecule has 0 saturated heterocycles. The highest BCUT2D eigenvalue weighted by atomic mass is 32.2. The van der Waals surface area contributed by atoms with Gasteiger partial charge in [0.25, 0.3) is 0 Å². The van der Waals surface area contributed by atoms with E-state index in [1.807, 2.05) is 55.5 Å². The Kier molecular flexibility index (Phi) is 8.41. The van der Waals surface area contributed by atoms with Crippen molar-refractivity contribution in [2.45, 2.75) is 49.9 Å². The molecule has 0 radical (unpaired) electrons. The average molecular weight is 439 g/mol. The molecule has 0 saturated carbocycles. The van der Waals surface area contributed by atoms with E-state index in [0.29, 0.717) is 13.0 Å². The number of aryl methyl sites for hydroxylation is 2. The maximum absolute atomic E-state index is 12.7. The Morgan fingerprint density at radius 1 is 0.839 bits per heavy atom. The van der Waals surface area contributed by atoms with Gasteiger partial charge in [0.2, 0.25) is 0 Å². The van der Waals surface area contributed by atoms with Crippen molar-refractivity contribution in [1.82, 2.24) is 0 Å². The zero-order valence-electron chi connectivity index (χ0n) is 17.9. The van der Waals surface area contributed by atoms with Gasteiger partial charge >= 0.3 is 0 Å². The van der Waals surface area contributed by atoms with Gasteiger partial charge in [-0.3, -0.25) is 0 Å². The minimum absolute atomic E-state index is 0.239. The molecule has 0 amide bonds. The van der Waals surface area contributed by atoms with Gasteiger partial charge in [-0.25, -0.2) is 8.42 Å². The molecule has 0 heterocycles. The molecule has 0 aromatic heterocycles. The van der Waals surface area contributed by atoms with E-state index in [4.69, 9.17) is 4.74 Å². The first-order valence-corrected chi connectivity index (χ1v) is 12.2. The lowest BCUT2D eigenvalue weighted by atomic mass is 10.0. The second-order valence-electron chi connectivity index (χ2n) is 7.93. The van der Waals surface area contributed by atoms with E-state index in [9.17, 15) is 13.5 Å². The number of ether oxygens (including phenoxy) is 1. The lowest BCUT2D eigenvalue weighted by Gasteiger charge is -2.21. The van der Waals surface area contributed by atoms with Crippen LogP contribution in [0.2, 0.25) is 0 Å². The molecule has 3 aromatic carbocycles. The molecule has 3 aromatic rings. The molecule has 0 unspecified atom stereocenters. The monoisotopic (exact) mass is 438 g/mol. The third-order valence-electron chi connectivity index (χ3n) is 5.25. The first-order valence-electron chi connectivity index (χ1n) is 10.6. The molecule has 3 rings (SSSR count). The smallest absolute Gasteiger partial charge is 0.180 e. The van der Waals surface area contributed by atoms with Gasteiger partial charge in [-0.1, -0.05) is 78.4 Å². The molecule has 0 aliphatic heterocycles. The van der Waals surface area contributed by atoms with Crippen molar-refractivity contribution in [2.24, 2.45) is 0 Å². The third-order valence-corrected chi connectivity index (χ3v) is 7.07. The van der Waals surface area contributed by atoms with Crippen LogP contribution in [0.25, 0.3) is 0 Å². The lowest BCUT2D eigenvalue weighted by Crippen LogP contribution is -2.27. The van der Waals surface area contributed by atoms with Crippen LogP contribution < -0.4 is 0 Å². The fraction of sp³-hybridized carbons (Fsp3) is 0.308. The minimum atomic E-state index is -3.56. The normalized spacial score (nSPS) is 13.6. The molecule has 5 heteroatoms. The SMILES string of the molecule is Cc1ccc(S(=O)(=O)C[C@@H](O)C[C@H](CCc2ccccc2)OCc2ccccc2)cc1. The van der Waals surface area contributed by atoms with E-state index >= 15 is 0 Å². The Morgan fingerprint density at radius 3 is 2.03 bits per heavy atom. The van der Waals surface area contributed by atoms with Crippen molar-refractivity contribution in [3.63, 3.8) is 0 Å². The van der Waals surface area contributed by atoms with Crippen LogP contribution in [0.3, 0.4) is 0 Å². The number of aliphatic hydroxyl groups is 1. The lowest BCUT2D eigenvalue weighted by molar-refractivity contribution is 0.00406. The van der Waals surface area contributed by atoms with Crippen molar-refractivity contribution >= 4 is 9.84 Å². The number of rotatable bonds is 11. The van der Waals surface area contributed by atoms with Gasteiger partial charge in [-0.2, -0.15) is 0 Å². The topological polar surface area (TPSA) is 63.6 Å². The summed E-state index contributed by atoms with van der Waals surface area (Å²) in [6.45, 7) is 2.34. The standard InChI is InChI=1S/C26H30O4S/c1-21-12-16-26(17-13-21)31(28,29)20-24(27)18-25(15-14-22-8-4-2-5-9-22)30-19-23-10-6-3-7-11-23/h2-13,16-17,24-25,27H,14-15,18-20H2,1H3/t24-,25-/m0/s1. The summed E-state index contributed by atoms with van der Waals surface area (Å²) in [5.41, 5.74) is 3.24. The van der Waals surface area contributed by atoms with Gasteiger partial charge in [-0.15, -0.1) is 0 Å². The third kappa shape index (κ3) is 7.62. The number of hydrogen-bond acceptors (Lipinski definition) is 4. The fourth-order valence-electron chi connectivity index (χ4n) is 3.50. The molecule has 0 bridgehead atoms. The average Bonchev–Trinajstić information content (AvgIpc) is 2.77. The molecule has 164 valence electrons. The van der Waals surface area contributed by atoms with Crippen LogP contribution in [0, 0.1) is 6.92 Å². The van der Waals surface area contributed by atoms with E-state index in [1.165, 1.54) is 5.56 Å². The van der Waals surface area contributed by atoms with Crippen LogP contribution in [0.1, 0.15) is 29.5 Å². The van der Waals surface area contributed by atoms with Crippen LogP contribution in [0.5, 0.6) is 0 Å². The molecule has 0 fully saturated rings. The van der Waals surface area contributed by atoms with Crippen LogP contribution in [-0.4, -0.2) is 31.5 Å². The number of hydrogen-bond donors (Lipinski definition) is 1. The summed E-state index contributed by atoms with van der Waals surface area (Å²) in [5, 5.41) is 10.6. The molecule has 31 heavy (non-hydrogen) atoms. The Morgan fingerprint density at radius 2 is 1.42 bits per heavy atom. The molecular weight excluding hydrogens is 408 g/mol. The van der Waals surface area contributed by atoms with E-state index in [1.54, 1.807) is 24.3 Å². The summed E-state index contributed by atoms with van der Waals surface area (Å²) in [5.74, 6) is -0.313. The Labute approximate surface area is 185 Å². The molecule has 0 aliphatic rings. The van der Waals surface area contributed by atoms with Gasteiger partial charge in [0.1, 0.15) is 0 Å². The Balaban J connectivity index is 1.63. The van der Waals surface area contributed by atoms with E-state index in [2.05, 4.69) is 12.1 Å². The summed E-state index contributed by atoms with van der Waals surface area (Å²) < 4.78 is 31.5. The first-order chi connectivity index (χ1) is 14.9. The van der Waals surface area contributed by atoms with Crippen LogP contribution in [-0.2, 0) is 27.6 Å². The summed E-state index contributed by atoms with van der Waals surface area (Å²) in [6.07, 6.45) is 0.535. The largest absolute Gasteiger partial charge is 0.392 e. The van der Waals surface area contributed by atoms with Crippen molar-refractivity contribution in [3.8, 4) is 0 Å². The summed E-state index contributed by atoms with van der Waals surface area (Å²) in [4.78, 5) is 0.239. The van der Waals surface area contributed by atoms with E-state index in [0.717, 1.165) is 17.5 Å².